The maximum Gasteiger partial charge on any atom is 0.0309 e. The van der Waals surface area contributed by atoms with Gasteiger partial charge in [-0.3, -0.25) is 4.90 Å². The number of nitrogens with zero attached hydrogens (tertiary/aromatic N) is 1. The minimum Gasteiger partial charge on any atom is -0.310 e. The van der Waals surface area contributed by atoms with E-state index in [9.17, 15) is 0 Å². The zero-order valence-electron chi connectivity index (χ0n) is 12.0. The summed E-state index contributed by atoms with van der Waals surface area (Å²) in [6.07, 6.45) is 8.31. The molecule has 0 amide bonds. The summed E-state index contributed by atoms with van der Waals surface area (Å²) < 4.78 is 0. The van der Waals surface area contributed by atoms with Crippen molar-refractivity contribution in [2.45, 2.75) is 70.9 Å². The standard InChI is InChI=1S/C15H30N2/c1-4-8-15(9-5-10-16-15)12-17(11-13(2)3)14-6-7-14/h13-14,16H,4-12H2,1-3H3. The smallest absolute Gasteiger partial charge is 0.0309 e. The highest BCUT2D eigenvalue weighted by Gasteiger charge is 2.38. The molecule has 1 heterocycles. The summed E-state index contributed by atoms with van der Waals surface area (Å²) in [5.74, 6) is 0.802. The fraction of sp³-hybridized carbons (Fsp3) is 1.00. The van der Waals surface area contributed by atoms with Crippen molar-refractivity contribution in [3.8, 4) is 0 Å². The van der Waals surface area contributed by atoms with Crippen LogP contribution in [0.1, 0.15) is 59.3 Å². The highest BCUT2D eigenvalue weighted by molar-refractivity contribution is 4.98. The van der Waals surface area contributed by atoms with Gasteiger partial charge in [0.05, 0.1) is 0 Å². The summed E-state index contributed by atoms with van der Waals surface area (Å²) in [6.45, 7) is 10.8. The largest absolute Gasteiger partial charge is 0.310 e. The summed E-state index contributed by atoms with van der Waals surface area (Å²) in [7, 11) is 0. The molecule has 1 unspecified atom stereocenters. The summed E-state index contributed by atoms with van der Waals surface area (Å²) in [4.78, 5) is 2.78. The van der Waals surface area contributed by atoms with Gasteiger partial charge in [-0.05, 0) is 44.6 Å². The van der Waals surface area contributed by atoms with Gasteiger partial charge in [0.25, 0.3) is 0 Å². The Morgan fingerprint density at radius 2 is 2.12 bits per heavy atom. The van der Waals surface area contributed by atoms with E-state index in [1.165, 1.54) is 58.2 Å². The fourth-order valence-electron chi connectivity index (χ4n) is 3.41. The van der Waals surface area contributed by atoms with Crippen LogP contribution in [0.15, 0.2) is 0 Å². The zero-order valence-corrected chi connectivity index (χ0v) is 12.0. The first-order chi connectivity index (χ1) is 8.15. The van der Waals surface area contributed by atoms with E-state index < -0.39 is 0 Å². The Kier molecular flexibility index (Phi) is 4.48. The molecule has 2 heteroatoms. The highest BCUT2D eigenvalue weighted by atomic mass is 15.2. The molecule has 0 aromatic rings. The molecule has 1 atom stereocenters. The molecule has 17 heavy (non-hydrogen) atoms. The van der Waals surface area contributed by atoms with Crippen LogP contribution in [0.3, 0.4) is 0 Å². The van der Waals surface area contributed by atoms with Gasteiger partial charge in [0, 0.05) is 24.7 Å². The molecule has 1 N–H and O–H groups in total. The summed E-state index contributed by atoms with van der Waals surface area (Å²) in [5.41, 5.74) is 0.451. The Balaban J connectivity index is 1.94. The number of nitrogens with one attached hydrogen (secondary N) is 1. The molecule has 100 valence electrons. The predicted octanol–water partition coefficient (Wildman–Crippen LogP) is 3.03. The lowest BCUT2D eigenvalue weighted by Gasteiger charge is -2.36. The van der Waals surface area contributed by atoms with Crippen LogP contribution in [-0.4, -0.2) is 36.1 Å². The first-order valence-electron chi connectivity index (χ1n) is 7.64. The molecule has 2 nitrogen and oxygen atoms in total. The number of hydrogen-bond acceptors (Lipinski definition) is 2. The molecule has 2 aliphatic rings. The van der Waals surface area contributed by atoms with Crippen LogP contribution in [0.4, 0.5) is 0 Å². The maximum atomic E-state index is 3.82. The second kappa shape index (κ2) is 5.71. The topological polar surface area (TPSA) is 15.3 Å². The van der Waals surface area contributed by atoms with Crippen LogP contribution in [0.2, 0.25) is 0 Å². The lowest BCUT2D eigenvalue weighted by molar-refractivity contribution is 0.160. The molecule has 1 aliphatic carbocycles. The minimum atomic E-state index is 0.451. The van der Waals surface area contributed by atoms with E-state index in [0.717, 1.165) is 12.0 Å². The van der Waals surface area contributed by atoms with E-state index in [4.69, 9.17) is 0 Å². The molecule has 0 spiro atoms. The first kappa shape index (κ1) is 13.4. The van der Waals surface area contributed by atoms with E-state index in [1.54, 1.807) is 0 Å². The Morgan fingerprint density at radius 1 is 1.35 bits per heavy atom. The van der Waals surface area contributed by atoms with Gasteiger partial charge in [-0.2, -0.15) is 0 Å². The summed E-state index contributed by atoms with van der Waals surface area (Å²) in [5, 5.41) is 3.82. The fourth-order valence-corrected chi connectivity index (χ4v) is 3.41. The molecule has 0 radical (unpaired) electrons. The molecular weight excluding hydrogens is 208 g/mol. The van der Waals surface area contributed by atoms with Gasteiger partial charge in [-0.15, -0.1) is 0 Å². The third kappa shape index (κ3) is 3.69. The van der Waals surface area contributed by atoms with Crippen molar-refractivity contribution in [2.75, 3.05) is 19.6 Å². The van der Waals surface area contributed by atoms with E-state index in [1.807, 2.05) is 0 Å². The molecule has 2 rings (SSSR count). The van der Waals surface area contributed by atoms with Gasteiger partial charge in [-0.25, -0.2) is 0 Å². The van der Waals surface area contributed by atoms with Gasteiger partial charge in [0.15, 0.2) is 0 Å². The molecule has 1 saturated carbocycles. The van der Waals surface area contributed by atoms with Crippen LogP contribution in [-0.2, 0) is 0 Å². The van der Waals surface area contributed by atoms with E-state index in [0.29, 0.717) is 5.54 Å². The molecule has 1 saturated heterocycles. The van der Waals surface area contributed by atoms with E-state index >= 15 is 0 Å². The van der Waals surface area contributed by atoms with Crippen molar-refractivity contribution in [1.82, 2.24) is 10.2 Å². The monoisotopic (exact) mass is 238 g/mol. The zero-order chi connectivity index (χ0) is 12.3. The molecule has 1 aliphatic heterocycles. The van der Waals surface area contributed by atoms with Crippen molar-refractivity contribution >= 4 is 0 Å². The van der Waals surface area contributed by atoms with Crippen molar-refractivity contribution in [3.63, 3.8) is 0 Å². The molecule has 2 fully saturated rings. The minimum absolute atomic E-state index is 0.451. The maximum absolute atomic E-state index is 3.82. The average Bonchev–Trinajstić information content (AvgIpc) is 3.01. The molecule has 0 aromatic heterocycles. The van der Waals surface area contributed by atoms with Gasteiger partial charge in [0.1, 0.15) is 0 Å². The van der Waals surface area contributed by atoms with Gasteiger partial charge in [0.2, 0.25) is 0 Å². The van der Waals surface area contributed by atoms with Crippen LogP contribution in [0.5, 0.6) is 0 Å². The Morgan fingerprint density at radius 3 is 2.59 bits per heavy atom. The Hall–Kier alpha value is -0.0800. The van der Waals surface area contributed by atoms with Crippen LogP contribution < -0.4 is 5.32 Å². The van der Waals surface area contributed by atoms with Crippen LogP contribution >= 0.6 is 0 Å². The van der Waals surface area contributed by atoms with E-state index in [2.05, 4.69) is 31.0 Å². The number of hydrogen-bond donors (Lipinski definition) is 1. The first-order valence-corrected chi connectivity index (χ1v) is 7.64. The predicted molar refractivity (Wildman–Crippen MR) is 74.3 cm³/mol. The van der Waals surface area contributed by atoms with Crippen molar-refractivity contribution in [2.24, 2.45) is 5.92 Å². The highest BCUT2D eigenvalue weighted by Crippen LogP contribution is 2.32. The molecular formula is C15H30N2. The lowest BCUT2D eigenvalue weighted by Crippen LogP contribution is -2.51. The van der Waals surface area contributed by atoms with Gasteiger partial charge in [-0.1, -0.05) is 27.2 Å². The lowest BCUT2D eigenvalue weighted by atomic mass is 9.91. The Labute approximate surface area is 107 Å². The summed E-state index contributed by atoms with van der Waals surface area (Å²) in [6, 6.07) is 0.911. The van der Waals surface area contributed by atoms with Gasteiger partial charge < -0.3 is 5.32 Å². The summed E-state index contributed by atoms with van der Waals surface area (Å²) >= 11 is 0. The molecule has 0 aromatic carbocycles. The van der Waals surface area contributed by atoms with Crippen molar-refractivity contribution in [1.29, 1.82) is 0 Å². The van der Waals surface area contributed by atoms with Crippen LogP contribution in [0.25, 0.3) is 0 Å². The normalized spacial score (nSPS) is 29.5. The third-order valence-electron chi connectivity index (χ3n) is 4.23. The SMILES string of the molecule is CCCC1(CN(CC(C)C)C2CC2)CCCN1. The quantitative estimate of drug-likeness (QED) is 0.733. The van der Waals surface area contributed by atoms with Crippen molar-refractivity contribution < 1.29 is 0 Å². The molecule has 0 bridgehead atoms. The average molecular weight is 238 g/mol. The van der Waals surface area contributed by atoms with E-state index in [-0.39, 0.29) is 0 Å². The van der Waals surface area contributed by atoms with Gasteiger partial charge >= 0.3 is 0 Å². The van der Waals surface area contributed by atoms with Crippen molar-refractivity contribution in [3.05, 3.63) is 0 Å². The third-order valence-corrected chi connectivity index (χ3v) is 4.23. The second-order valence-corrected chi connectivity index (χ2v) is 6.62. The second-order valence-electron chi connectivity index (χ2n) is 6.62. The Bertz CT molecular complexity index is 227. The number of rotatable bonds is 7. The van der Waals surface area contributed by atoms with Crippen LogP contribution in [0, 0.1) is 5.92 Å².